The van der Waals surface area contributed by atoms with E-state index >= 15 is 0 Å². The lowest BCUT2D eigenvalue weighted by Gasteiger charge is -2.18. The SMILES string of the molecule is CCCCC/C=C\C/C=C\C/C=C\C/C=C\CCCC(=O)OCC(COC(=O)CCCCCCCCCCCCCCC)OC(=O)CCC/C=C\C/C=C\C/C=C\CCCCCCCC. The average molecular weight is 905 g/mol. The van der Waals surface area contributed by atoms with Gasteiger partial charge in [-0.3, -0.25) is 14.4 Å². The van der Waals surface area contributed by atoms with Gasteiger partial charge < -0.3 is 14.2 Å². The van der Waals surface area contributed by atoms with E-state index < -0.39 is 6.10 Å². The molecule has 0 bridgehead atoms. The second-order valence-electron chi connectivity index (χ2n) is 17.8. The van der Waals surface area contributed by atoms with Crippen LogP contribution in [-0.2, 0) is 28.6 Å². The Bertz CT molecular complexity index is 1270. The highest BCUT2D eigenvalue weighted by Crippen LogP contribution is 2.14. The van der Waals surface area contributed by atoms with Crippen LogP contribution in [0.1, 0.15) is 252 Å². The molecule has 6 nitrogen and oxygen atoms in total. The highest BCUT2D eigenvalue weighted by Gasteiger charge is 2.19. The van der Waals surface area contributed by atoms with Gasteiger partial charge in [-0.15, -0.1) is 0 Å². The minimum atomic E-state index is -0.823. The summed E-state index contributed by atoms with van der Waals surface area (Å²) < 4.78 is 16.7. The van der Waals surface area contributed by atoms with E-state index in [1.165, 1.54) is 135 Å². The molecule has 0 aromatic heterocycles. The maximum Gasteiger partial charge on any atom is 0.306 e. The van der Waals surface area contributed by atoms with Crippen molar-refractivity contribution in [3.8, 4) is 0 Å². The molecule has 0 aliphatic rings. The number of carbonyl (C=O) groups excluding carboxylic acids is 3. The first-order valence-corrected chi connectivity index (χ1v) is 27.1. The topological polar surface area (TPSA) is 78.9 Å². The number of unbranched alkanes of at least 4 members (excludes halogenated alkanes) is 23. The molecule has 0 aliphatic carbocycles. The van der Waals surface area contributed by atoms with Crippen molar-refractivity contribution in [3.63, 3.8) is 0 Å². The van der Waals surface area contributed by atoms with Crippen LogP contribution in [0.5, 0.6) is 0 Å². The number of esters is 3. The maximum atomic E-state index is 12.8. The summed E-state index contributed by atoms with van der Waals surface area (Å²) in [6.07, 6.45) is 68.6. The first kappa shape index (κ1) is 61.6. The Labute approximate surface area is 401 Å². The van der Waals surface area contributed by atoms with Gasteiger partial charge in [0.1, 0.15) is 13.2 Å². The molecule has 1 atom stereocenters. The second-order valence-corrected chi connectivity index (χ2v) is 17.8. The van der Waals surface area contributed by atoms with Crippen LogP contribution in [0.2, 0.25) is 0 Å². The fourth-order valence-corrected chi connectivity index (χ4v) is 7.27. The molecule has 1 unspecified atom stereocenters. The van der Waals surface area contributed by atoms with Crippen LogP contribution in [0.4, 0.5) is 0 Å². The molecule has 0 heterocycles. The molecule has 372 valence electrons. The molecule has 0 spiro atoms. The normalized spacial score (nSPS) is 12.7. The Balaban J connectivity index is 4.55. The van der Waals surface area contributed by atoms with Crippen molar-refractivity contribution >= 4 is 17.9 Å². The summed E-state index contributed by atoms with van der Waals surface area (Å²) in [7, 11) is 0. The summed E-state index contributed by atoms with van der Waals surface area (Å²) in [5, 5.41) is 0. The fraction of sp³-hybridized carbons (Fsp3) is 0.712. The molecule has 0 N–H and O–H groups in total. The Morgan fingerprint density at radius 3 is 0.954 bits per heavy atom. The van der Waals surface area contributed by atoms with Gasteiger partial charge >= 0.3 is 17.9 Å². The molecule has 65 heavy (non-hydrogen) atoms. The predicted molar refractivity (Wildman–Crippen MR) is 279 cm³/mol. The zero-order valence-corrected chi connectivity index (χ0v) is 42.5. The van der Waals surface area contributed by atoms with E-state index in [1.54, 1.807) is 0 Å². The lowest BCUT2D eigenvalue weighted by atomic mass is 10.0. The molecule has 0 radical (unpaired) electrons. The van der Waals surface area contributed by atoms with E-state index in [-0.39, 0.29) is 44.0 Å². The molecule has 0 aromatic carbocycles. The molecule has 0 saturated heterocycles. The van der Waals surface area contributed by atoms with Crippen molar-refractivity contribution in [2.45, 2.75) is 258 Å². The van der Waals surface area contributed by atoms with Gasteiger partial charge in [-0.1, -0.05) is 228 Å². The summed E-state index contributed by atoms with van der Waals surface area (Å²) in [6.45, 7) is 6.52. The lowest BCUT2D eigenvalue weighted by Crippen LogP contribution is -2.30. The summed E-state index contributed by atoms with van der Waals surface area (Å²) >= 11 is 0. The molecule has 0 amide bonds. The Kier molecular flexibility index (Phi) is 50.4. The third-order valence-electron chi connectivity index (χ3n) is 11.4. The molecular formula is C59H100O6. The number of carbonyl (C=O) groups is 3. The molecule has 0 rings (SSSR count). The van der Waals surface area contributed by atoms with Crippen LogP contribution < -0.4 is 0 Å². The number of hydrogen-bond acceptors (Lipinski definition) is 6. The van der Waals surface area contributed by atoms with E-state index in [0.29, 0.717) is 19.3 Å². The van der Waals surface area contributed by atoms with Crippen molar-refractivity contribution in [3.05, 3.63) is 85.1 Å². The minimum Gasteiger partial charge on any atom is -0.462 e. The first-order valence-electron chi connectivity index (χ1n) is 27.1. The van der Waals surface area contributed by atoms with Gasteiger partial charge in [0.2, 0.25) is 0 Å². The lowest BCUT2D eigenvalue weighted by molar-refractivity contribution is -0.167. The van der Waals surface area contributed by atoms with Crippen LogP contribution in [0, 0.1) is 0 Å². The Morgan fingerprint density at radius 1 is 0.308 bits per heavy atom. The fourth-order valence-electron chi connectivity index (χ4n) is 7.27. The summed E-state index contributed by atoms with van der Waals surface area (Å²) in [5.41, 5.74) is 0. The van der Waals surface area contributed by atoms with E-state index in [2.05, 4.69) is 106 Å². The smallest absolute Gasteiger partial charge is 0.306 e. The highest BCUT2D eigenvalue weighted by atomic mass is 16.6. The second kappa shape index (κ2) is 53.2. The molecule has 0 saturated carbocycles. The quantitative estimate of drug-likeness (QED) is 0.0262. The summed E-state index contributed by atoms with van der Waals surface area (Å²) in [4.78, 5) is 38.0. The number of ether oxygens (including phenoxy) is 3. The van der Waals surface area contributed by atoms with Crippen LogP contribution >= 0.6 is 0 Å². The monoisotopic (exact) mass is 905 g/mol. The summed E-state index contributed by atoms with van der Waals surface area (Å²) in [6, 6.07) is 0. The number of rotatable bonds is 48. The average Bonchev–Trinajstić information content (AvgIpc) is 3.30. The van der Waals surface area contributed by atoms with Crippen LogP contribution in [0.3, 0.4) is 0 Å². The third kappa shape index (κ3) is 51.4. The molecule has 0 aromatic rings. The molecular weight excluding hydrogens is 805 g/mol. The maximum absolute atomic E-state index is 12.8. The zero-order chi connectivity index (χ0) is 47.2. The highest BCUT2D eigenvalue weighted by molar-refractivity contribution is 5.71. The van der Waals surface area contributed by atoms with E-state index in [4.69, 9.17) is 14.2 Å². The predicted octanol–water partition coefficient (Wildman–Crippen LogP) is 18.0. The Hall–Kier alpha value is -3.41. The van der Waals surface area contributed by atoms with E-state index in [9.17, 15) is 14.4 Å². The van der Waals surface area contributed by atoms with Crippen molar-refractivity contribution < 1.29 is 28.6 Å². The van der Waals surface area contributed by atoms with Gasteiger partial charge in [-0.05, 0) is 89.9 Å². The van der Waals surface area contributed by atoms with Gasteiger partial charge in [-0.2, -0.15) is 0 Å². The largest absolute Gasteiger partial charge is 0.462 e. The van der Waals surface area contributed by atoms with Gasteiger partial charge in [0.05, 0.1) is 0 Å². The van der Waals surface area contributed by atoms with Gasteiger partial charge in [0.15, 0.2) is 6.10 Å². The standard InChI is InChI=1S/C59H100O6/c1-4-7-10-13-16-19-22-25-27-29-31-34-37-40-43-46-49-52-58(61)64-55-56(54-63-57(60)51-48-45-42-39-36-33-24-21-18-15-12-9-6-3)65-59(62)53-50-47-44-41-38-35-32-30-28-26-23-20-17-14-11-8-5-2/h16,19,25-28,31-32,34-35,40-41,43-44,56H,4-15,17-18,20-24,29-30,33,36-39,42,45-55H2,1-3H3/b19-16-,27-25-,28-26-,34-31-,35-32-,43-40-,44-41-. The molecule has 0 fully saturated rings. The van der Waals surface area contributed by atoms with Crippen LogP contribution in [-0.4, -0.2) is 37.2 Å². The van der Waals surface area contributed by atoms with E-state index in [1.807, 2.05) is 0 Å². The summed E-state index contributed by atoms with van der Waals surface area (Å²) in [5.74, 6) is -1.02. The third-order valence-corrected chi connectivity index (χ3v) is 11.4. The zero-order valence-electron chi connectivity index (χ0n) is 42.5. The molecule has 0 aliphatic heterocycles. The van der Waals surface area contributed by atoms with Crippen LogP contribution in [0.15, 0.2) is 85.1 Å². The Morgan fingerprint density at radius 2 is 0.569 bits per heavy atom. The van der Waals surface area contributed by atoms with Crippen molar-refractivity contribution in [1.82, 2.24) is 0 Å². The van der Waals surface area contributed by atoms with Crippen molar-refractivity contribution in [2.24, 2.45) is 0 Å². The minimum absolute atomic E-state index is 0.112. The molecule has 6 heteroatoms. The van der Waals surface area contributed by atoms with Crippen molar-refractivity contribution in [1.29, 1.82) is 0 Å². The first-order chi connectivity index (χ1) is 32.0. The number of allylic oxidation sites excluding steroid dienone is 14. The van der Waals surface area contributed by atoms with Crippen molar-refractivity contribution in [2.75, 3.05) is 13.2 Å². The van der Waals surface area contributed by atoms with E-state index in [0.717, 1.165) is 64.2 Å². The van der Waals surface area contributed by atoms with Crippen LogP contribution in [0.25, 0.3) is 0 Å². The van der Waals surface area contributed by atoms with Gasteiger partial charge in [0, 0.05) is 19.3 Å². The van der Waals surface area contributed by atoms with Gasteiger partial charge in [-0.25, -0.2) is 0 Å². The number of hydrogen-bond donors (Lipinski definition) is 0. The van der Waals surface area contributed by atoms with Gasteiger partial charge in [0.25, 0.3) is 0 Å².